The Morgan fingerprint density at radius 1 is 1.18 bits per heavy atom. The van der Waals surface area contributed by atoms with Crippen LogP contribution in [-0.2, 0) is 23.9 Å². The molecule has 1 saturated carbocycles. The molecule has 1 fully saturated rings. The van der Waals surface area contributed by atoms with Crippen molar-refractivity contribution < 1.29 is 23.9 Å². The second kappa shape index (κ2) is 7.09. The molecule has 0 radical (unpaired) electrons. The van der Waals surface area contributed by atoms with Crippen LogP contribution in [0.5, 0.6) is 0 Å². The number of nitrogens with one attached hydrogen (secondary N) is 2. The van der Waals surface area contributed by atoms with Gasteiger partial charge in [0.15, 0.2) is 0 Å². The van der Waals surface area contributed by atoms with Gasteiger partial charge in [0.1, 0.15) is 5.54 Å². The predicted octanol–water partition coefficient (Wildman–Crippen LogP) is 0.376. The average molecular weight is 314 g/mol. The van der Waals surface area contributed by atoms with E-state index < -0.39 is 22.8 Å². The Hall–Kier alpha value is -1.63. The Morgan fingerprint density at radius 2 is 1.82 bits per heavy atom. The highest BCUT2D eigenvalue weighted by atomic mass is 16.5. The lowest BCUT2D eigenvalue weighted by atomic mass is 9.54. The molecule has 1 aliphatic rings. The van der Waals surface area contributed by atoms with Crippen molar-refractivity contribution in [1.29, 1.82) is 0 Å². The number of carbonyl (C=O) groups is 3. The zero-order chi connectivity index (χ0) is 17.0. The maximum atomic E-state index is 12.2. The Morgan fingerprint density at radius 3 is 2.27 bits per heavy atom. The smallest absolute Gasteiger partial charge is 0.332 e. The maximum absolute atomic E-state index is 12.2. The number of hydrogen-bond donors (Lipinski definition) is 2. The summed E-state index contributed by atoms with van der Waals surface area (Å²) in [4.78, 5) is 35.5. The second-order valence-electron chi connectivity index (χ2n) is 5.95. The molecular formula is C15H26N2O5. The van der Waals surface area contributed by atoms with Crippen LogP contribution in [0, 0.1) is 5.41 Å². The molecule has 7 heteroatoms. The van der Waals surface area contributed by atoms with E-state index in [4.69, 9.17) is 9.47 Å². The van der Waals surface area contributed by atoms with E-state index in [0.29, 0.717) is 19.4 Å². The molecule has 0 spiro atoms. The molecule has 2 amide bonds. The Balaban J connectivity index is 2.81. The molecule has 2 N–H and O–H groups in total. The predicted molar refractivity (Wildman–Crippen MR) is 80.0 cm³/mol. The van der Waals surface area contributed by atoms with Gasteiger partial charge >= 0.3 is 5.97 Å². The van der Waals surface area contributed by atoms with Crippen molar-refractivity contribution in [1.82, 2.24) is 10.6 Å². The highest BCUT2D eigenvalue weighted by molar-refractivity contribution is 5.92. The summed E-state index contributed by atoms with van der Waals surface area (Å²) in [5.74, 6) is -1.14. The van der Waals surface area contributed by atoms with Gasteiger partial charge in [-0.25, -0.2) is 4.79 Å². The van der Waals surface area contributed by atoms with Crippen molar-refractivity contribution in [3.05, 3.63) is 0 Å². The lowest BCUT2D eigenvalue weighted by molar-refractivity contribution is -0.197. The largest absolute Gasteiger partial charge is 0.467 e. The fourth-order valence-corrected chi connectivity index (χ4v) is 2.78. The molecule has 0 aromatic rings. The van der Waals surface area contributed by atoms with Crippen LogP contribution in [0.25, 0.3) is 0 Å². The summed E-state index contributed by atoms with van der Waals surface area (Å²) in [7, 11) is 1.29. The SMILES string of the molecule is CCOC1CC(NC(=O)CNC(=O)CC)(C(=O)OC)C1(C)C. The highest BCUT2D eigenvalue weighted by Crippen LogP contribution is 2.51. The fourth-order valence-electron chi connectivity index (χ4n) is 2.78. The van der Waals surface area contributed by atoms with Gasteiger partial charge in [0.2, 0.25) is 11.8 Å². The van der Waals surface area contributed by atoms with Crippen molar-refractivity contribution >= 4 is 17.8 Å². The van der Waals surface area contributed by atoms with Crippen molar-refractivity contribution in [3.63, 3.8) is 0 Å². The summed E-state index contributed by atoms with van der Waals surface area (Å²) in [6.07, 6.45) is 0.517. The van der Waals surface area contributed by atoms with E-state index in [1.807, 2.05) is 20.8 Å². The summed E-state index contributed by atoms with van der Waals surface area (Å²) in [6, 6.07) is 0. The van der Waals surface area contributed by atoms with E-state index in [9.17, 15) is 14.4 Å². The van der Waals surface area contributed by atoms with E-state index in [0.717, 1.165) is 0 Å². The number of esters is 1. The first-order valence-electron chi connectivity index (χ1n) is 7.52. The van der Waals surface area contributed by atoms with Crippen LogP contribution in [0.3, 0.4) is 0 Å². The van der Waals surface area contributed by atoms with Crippen LogP contribution in [-0.4, -0.2) is 49.7 Å². The van der Waals surface area contributed by atoms with Crippen LogP contribution >= 0.6 is 0 Å². The van der Waals surface area contributed by atoms with Gasteiger partial charge in [0, 0.05) is 24.9 Å². The molecule has 7 nitrogen and oxygen atoms in total. The van der Waals surface area contributed by atoms with Gasteiger partial charge in [0.25, 0.3) is 0 Å². The minimum atomic E-state index is -1.13. The molecule has 2 atom stereocenters. The third-order valence-corrected chi connectivity index (χ3v) is 4.42. The number of methoxy groups -OCH3 is 1. The van der Waals surface area contributed by atoms with E-state index in [1.54, 1.807) is 6.92 Å². The van der Waals surface area contributed by atoms with E-state index in [2.05, 4.69) is 10.6 Å². The van der Waals surface area contributed by atoms with Crippen molar-refractivity contribution in [2.45, 2.75) is 52.2 Å². The van der Waals surface area contributed by atoms with Crippen LogP contribution in [0.1, 0.15) is 40.5 Å². The summed E-state index contributed by atoms with van der Waals surface area (Å²) < 4.78 is 10.5. The Kier molecular flexibility index (Phi) is 5.93. The first-order valence-corrected chi connectivity index (χ1v) is 7.52. The minimum absolute atomic E-state index is 0.137. The standard InChI is InChI=1S/C15H26N2O5/c1-6-11(18)16-9-12(19)17-15(13(20)21-5)8-10(22-7-2)14(15,3)4/h10H,6-9H2,1-5H3,(H,16,18)(H,17,19). The normalized spacial score (nSPS) is 25.8. The quantitative estimate of drug-likeness (QED) is 0.662. The Labute approximate surface area is 131 Å². The molecule has 1 rings (SSSR count). The first-order chi connectivity index (χ1) is 10.2. The molecule has 2 unspecified atom stereocenters. The lowest BCUT2D eigenvalue weighted by Gasteiger charge is -2.58. The van der Waals surface area contributed by atoms with Gasteiger partial charge in [-0.3, -0.25) is 9.59 Å². The molecule has 0 aromatic heterocycles. The van der Waals surface area contributed by atoms with Crippen LogP contribution in [0.2, 0.25) is 0 Å². The summed E-state index contributed by atoms with van der Waals surface area (Å²) in [5.41, 5.74) is -1.73. The molecular weight excluding hydrogens is 288 g/mol. The molecule has 126 valence electrons. The third kappa shape index (κ3) is 3.24. The molecule has 0 bridgehead atoms. The first kappa shape index (κ1) is 18.4. The molecule has 0 heterocycles. The molecule has 0 aliphatic heterocycles. The molecule has 0 saturated heterocycles. The molecule has 0 aromatic carbocycles. The van der Waals surface area contributed by atoms with Gasteiger partial charge in [-0.1, -0.05) is 20.8 Å². The van der Waals surface area contributed by atoms with Crippen LogP contribution in [0.15, 0.2) is 0 Å². The number of rotatable bonds is 7. The zero-order valence-corrected chi connectivity index (χ0v) is 13.9. The zero-order valence-electron chi connectivity index (χ0n) is 13.9. The van der Waals surface area contributed by atoms with Gasteiger partial charge < -0.3 is 20.1 Å². The summed E-state index contributed by atoms with van der Waals surface area (Å²) in [5, 5.41) is 5.22. The summed E-state index contributed by atoms with van der Waals surface area (Å²) >= 11 is 0. The molecule has 22 heavy (non-hydrogen) atoms. The lowest BCUT2D eigenvalue weighted by Crippen LogP contribution is -2.76. The number of amides is 2. The van der Waals surface area contributed by atoms with E-state index in [-0.39, 0.29) is 18.6 Å². The third-order valence-electron chi connectivity index (χ3n) is 4.42. The minimum Gasteiger partial charge on any atom is -0.467 e. The van der Waals surface area contributed by atoms with Crippen molar-refractivity contribution in [3.8, 4) is 0 Å². The van der Waals surface area contributed by atoms with E-state index in [1.165, 1.54) is 7.11 Å². The van der Waals surface area contributed by atoms with Crippen LogP contribution < -0.4 is 10.6 Å². The van der Waals surface area contributed by atoms with Gasteiger partial charge in [-0.05, 0) is 6.92 Å². The van der Waals surface area contributed by atoms with E-state index >= 15 is 0 Å². The van der Waals surface area contributed by atoms with Crippen molar-refractivity contribution in [2.75, 3.05) is 20.3 Å². The number of carbonyl (C=O) groups excluding carboxylic acids is 3. The topological polar surface area (TPSA) is 93.7 Å². The fraction of sp³-hybridized carbons (Fsp3) is 0.800. The molecule has 1 aliphatic carbocycles. The van der Waals surface area contributed by atoms with Gasteiger partial charge in [0.05, 0.1) is 19.8 Å². The maximum Gasteiger partial charge on any atom is 0.332 e. The average Bonchev–Trinajstić information content (AvgIpc) is 2.50. The monoisotopic (exact) mass is 314 g/mol. The van der Waals surface area contributed by atoms with Crippen molar-refractivity contribution in [2.24, 2.45) is 5.41 Å². The van der Waals surface area contributed by atoms with Crippen LogP contribution in [0.4, 0.5) is 0 Å². The number of ether oxygens (including phenoxy) is 2. The van der Waals surface area contributed by atoms with Gasteiger partial charge in [-0.15, -0.1) is 0 Å². The van der Waals surface area contributed by atoms with Gasteiger partial charge in [-0.2, -0.15) is 0 Å². The number of hydrogen-bond acceptors (Lipinski definition) is 5. The highest BCUT2D eigenvalue weighted by Gasteiger charge is 2.66. The second-order valence-corrected chi connectivity index (χ2v) is 5.95. The summed E-state index contributed by atoms with van der Waals surface area (Å²) in [6.45, 7) is 7.67. The Bertz CT molecular complexity index is 449.